The van der Waals surface area contributed by atoms with E-state index in [0.717, 1.165) is 43.8 Å². The maximum Gasteiger partial charge on any atom is 0.173 e. The maximum absolute atomic E-state index is 5.40. The summed E-state index contributed by atoms with van der Waals surface area (Å²) in [4.78, 5) is 5.27. The lowest BCUT2D eigenvalue weighted by Crippen LogP contribution is -2.52. The molecule has 1 saturated heterocycles. The normalized spacial score (nSPS) is 18.5. The van der Waals surface area contributed by atoms with Gasteiger partial charge in [-0.3, -0.25) is 9.80 Å². The average molecular weight is 477 g/mol. The molecule has 35 heavy (non-hydrogen) atoms. The van der Waals surface area contributed by atoms with E-state index in [-0.39, 0.29) is 6.04 Å². The summed E-state index contributed by atoms with van der Waals surface area (Å²) < 4.78 is 7.36. The number of benzene rings is 2. The van der Waals surface area contributed by atoms with E-state index in [0.29, 0.717) is 6.54 Å². The van der Waals surface area contributed by atoms with Gasteiger partial charge in [-0.25, -0.2) is 4.68 Å². The van der Waals surface area contributed by atoms with Crippen LogP contribution in [0.2, 0.25) is 0 Å². The van der Waals surface area contributed by atoms with Crippen LogP contribution in [0.3, 0.4) is 0 Å². The molecule has 1 aliphatic heterocycles. The van der Waals surface area contributed by atoms with Crippen LogP contribution in [-0.2, 0) is 6.54 Å². The van der Waals surface area contributed by atoms with Gasteiger partial charge in [-0.1, -0.05) is 75.6 Å². The third kappa shape index (κ3) is 6.27. The van der Waals surface area contributed by atoms with Gasteiger partial charge in [0, 0.05) is 32.2 Å². The number of methoxy groups -OCH3 is 1. The molecule has 1 aliphatic carbocycles. The van der Waals surface area contributed by atoms with Crippen molar-refractivity contribution in [1.29, 1.82) is 0 Å². The Balaban J connectivity index is 0.00000141. The fraction of sp³-hybridized carbons (Fsp3) is 0.536. The van der Waals surface area contributed by atoms with Gasteiger partial charge in [0.2, 0.25) is 0 Å². The molecule has 1 saturated carbocycles. The predicted octanol–water partition coefficient (Wildman–Crippen LogP) is 4.80. The Morgan fingerprint density at radius 3 is 2.23 bits per heavy atom. The van der Waals surface area contributed by atoms with Crippen molar-refractivity contribution < 1.29 is 4.74 Å². The molecule has 1 aromatic heterocycles. The van der Waals surface area contributed by atoms with Crippen LogP contribution in [0.1, 0.15) is 68.9 Å². The molecule has 1 atom stereocenters. The van der Waals surface area contributed by atoms with E-state index >= 15 is 0 Å². The molecule has 0 radical (unpaired) electrons. The van der Waals surface area contributed by atoms with Crippen LogP contribution in [0, 0.1) is 0 Å². The van der Waals surface area contributed by atoms with Gasteiger partial charge < -0.3 is 4.74 Å². The first-order valence-electron chi connectivity index (χ1n) is 13.2. The molecular formula is C28H40N6O. The number of nitrogens with zero attached hydrogens (tertiary/aromatic N) is 6. The van der Waals surface area contributed by atoms with Gasteiger partial charge in [-0.15, -0.1) is 5.10 Å². The Morgan fingerprint density at radius 2 is 1.57 bits per heavy atom. The van der Waals surface area contributed by atoms with Crippen molar-refractivity contribution >= 4 is 0 Å². The minimum absolute atomic E-state index is 0.0168. The highest BCUT2D eigenvalue weighted by atomic mass is 16.5. The molecule has 7 nitrogen and oxygen atoms in total. The van der Waals surface area contributed by atoms with Crippen molar-refractivity contribution in [3.05, 3.63) is 71.5 Å². The Hall–Kier alpha value is -2.77. The summed E-state index contributed by atoms with van der Waals surface area (Å²) in [6.07, 6.45) is 6.88. The Morgan fingerprint density at radius 1 is 0.886 bits per heavy atom. The molecule has 3 aromatic rings. The van der Waals surface area contributed by atoms with Crippen molar-refractivity contribution in [2.45, 2.75) is 64.6 Å². The largest absolute Gasteiger partial charge is 0.497 e. The number of piperazine rings is 1. The lowest BCUT2D eigenvalue weighted by molar-refractivity contribution is 0.0620. The number of tetrazole rings is 1. The smallest absolute Gasteiger partial charge is 0.173 e. The maximum atomic E-state index is 5.40. The summed E-state index contributed by atoms with van der Waals surface area (Å²) in [7, 11) is 1.71. The third-order valence-corrected chi connectivity index (χ3v) is 7.22. The van der Waals surface area contributed by atoms with E-state index in [1.807, 2.05) is 36.7 Å². The van der Waals surface area contributed by atoms with E-state index in [9.17, 15) is 0 Å². The lowest BCUT2D eigenvalue weighted by Gasteiger charge is -2.43. The van der Waals surface area contributed by atoms with Gasteiger partial charge >= 0.3 is 0 Å². The first kappa shape index (κ1) is 25.3. The number of rotatable bonds is 7. The average Bonchev–Trinajstić information content (AvgIpc) is 3.39. The third-order valence-electron chi connectivity index (χ3n) is 7.22. The van der Waals surface area contributed by atoms with Crippen molar-refractivity contribution in [3.8, 4) is 5.75 Å². The van der Waals surface area contributed by atoms with Gasteiger partial charge in [0.15, 0.2) is 5.82 Å². The summed E-state index contributed by atoms with van der Waals surface area (Å²) >= 11 is 0. The fourth-order valence-electron chi connectivity index (χ4n) is 5.39. The predicted molar refractivity (Wildman–Crippen MR) is 140 cm³/mol. The first-order valence-corrected chi connectivity index (χ1v) is 13.2. The molecule has 188 valence electrons. The van der Waals surface area contributed by atoms with Crippen LogP contribution in [-0.4, -0.2) is 69.3 Å². The highest BCUT2D eigenvalue weighted by Gasteiger charge is 2.32. The highest BCUT2D eigenvalue weighted by Crippen LogP contribution is 2.31. The summed E-state index contributed by atoms with van der Waals surface area (Å²) in [5.74, 6) is 1.76. The van der Waals surface area contributed by atoms with Crippen molar-refractivity contribution in [2.24, 2.45) is 0 Å². The molecule has 2 aromatic carbocycles. The molecule has 1 unspecified atom stereocenters. The Bertz CT molecular complexity index is 992. The van der Waals surface area contributed by atoms with Crippen molar-refractivity contribution in [2.75, 3.05) is 33.3 Å². The molecule has 0 bridgehead atoms. The first-order chi connectivity index (χ1) is 17.3. The van der Waals surface area contributed by atoms with E-state index in [2.05, 4.69) is 61.7 Å². The number of hydrogen-bond acceptors (Lipinski definition) is 6. The zero-order chi connectivity index (χ0) is 24.5. The molecule has 5 rings (SSSR count). The number of aromatic nitrogens is 4. The molecule has 2 fully saturated rings. The van der Waals surface area contributed by atoms with Crippen LogP contribution in [0.5, 0.6) is 5.75 Å². The van der Waals surface area contributed by atoms with Crippen molar-refractivity contribution in [1.82, 2.24) is 30.0 Å². The van der Waals surface area contributed by atoms with E-state index in [1.165, 1.54) is 43.2 Å². The zero-order valence-corrected chi connectivity index (χ0v) is 21.5. The van der Waals surface area contributed by atoms with Crippen LogP contribution in [0.4, 0.5) is 0 Å². The number of ether oxygens (including phenoxy) is 1. The second-order valence-corrected chi connectivity index (χ2v) is 9.22. The Labute approximate surface area is 210 Å². The van der Waals surface area contributed by atoms with E-state index in [4.69, 9.17) is 4.74 Å². The van der Waals surface area contributed by atoms with Gasteiger partial charge in [0.05, 0.1) is 19.7 Å². The van der Waals surface area contributed by atoms with Crippen LogP contribution < -0.4 is 4.74 Å². The summed E-state index contributed by atoms with van der Waals surface area (Å²) in [5, 5.41) is 13.0. The standard InChI is InChI=1S/C26H34N6O.C2H6/c1-33-24-14-12-22(13-15-24)25(26-27-28-29-32(26)20-21-8-4-2-5-9-21)31-18-16-30(17-19-31)23-10-6-3-7-11-23;1-2/h2,4-5,8-9,12-15,23,25H,3,6-7,10-11,16-20H2,1H3;1-2H3. The number of hydrogen-bond donors (Lipinski definition) is 0. The Kier molecular flexibility index (Phi) is 9.26. The monoisotopic (exact) mass is 476 g/mol. The molecule has 0 N–H and O–H groups in total. The molecular weight excluding hydrogens is 436 g/mol. The molecule has 2 heterocycles. The zero-order valence-electron chi connectivity index (χ0n) is 21.5. The van der Waals surface area contributed by atoms with Gasteiger partial charge in [0.1, 0.15) is 5.75 Å². The topological polar surface area (TPSA) is 59.3 Å². The molecule has 0 amide bonds. The van der Waals surface area contributed by atoms with Gasteiger partial charge in [-0.2, -0.15) is 0 Å². The van der Waals surface area contributed by atoms with Crippen molar-refractivity contribution in [3.63, 3.8) is 0 Å². The summed E-state index contributed by atoms with van der Waals surface area (Å²) in [6, 6.07) is 19.6. The lowest BCUT2D eigenvalue weighted by atomic mass is 9.93. The van der Waals surface area contributed by atoms with E-state index in [1.54, 1.807) is 7.11 Å². The summed E-state index contributed by atoms with van der Waals surface area (Å²) in [6.45, 7) is 8.92. The second-order valence-electron chi connectivity index (χ2n) is 9.22. The van der Waals surface area contributed by atoms with Crippen LogP contribution in [0.15, 0.2) is 54.6 Å². The molecule has 0 spiro atoms. The van der Waals surface area contributed by atoms with E-state index < -0.39 is 0 Å². The van der Waals surface area contributed by atoms with Crippen LogP contribution >= 0.6 is 0 Å². The van der Waals surface area contributed by atoms with Gasteiger partial charge in [0.25, 0.3) is 0 Å². The highest BCUT2D eigenvalue weighted by molar-refractivity contribution is 5.32. The minimum Gasteiger partial charge on any atom is -0.497 e. The minimum atomic E-state index is 0.0168. The quantitative estimate of drug-likeness (QED) is 0.488. The molecule has 7 heteroatoms. The SMILES string of the molecule is CC.COc1ccc(C(c2nnnn2Cc2ccccc2)N2CCN(C3CCCCC3)CC2)cc1. The molecule has 2 aliphatic rings. The van der Waals surface area contributed by atoms with Gasteiger partial charge in [-0.05, 0) is 46.5 Å². The van der Waals surface area contributed by atoms with Crippen LogP contribution in [0.25, 0.3) is 0 Å². The summed E-state index contributed by atoms with van der Waals surface area (Å²) in [5.41, 5.74) is 2.40. The fourth-order valence-corrected chi connectivity index (χ4v) is 5.39. The second kappa shape index (κ2) is 12.8.